The second-order valence-corrected chi connectivity index (χ2v) is 6.04. The summed E-state index contributed by atoms with van der Waals surface area (Å²) in [7, 11) is 0. The maximum atomic E-state index is 13.1. The smallest absolute Gasteiger partial charge is 0.162 e. The standard InChI is InChI=1S/C16H21F2NO/c17-15-7-6-13(8-16(15)18)20-14-10-19(11-14)9-12-4-2-1-3-5-12/h6-8,12,14H,1-5,9-11H2. The van der Waals surface area contributed by atoms with Gasteiger partial charge in [0.2, 0.25) is 0 Å². The average molecular weight is 281 g/mol. The van der Waals surface area contributed by atoms with Gasteiger partial charge in [0.15, 0.2) is 11.6 Å². The molecule has 1 saturated carbocycles. The fourth-order valence-electron chi connectivity index (χ4n) is 3.22. The summed E-state index contributed by atoms with van der Waals surface area (Å²) in [6.07, 6.45) is 6.94. The number of nitrogens with zero attached hydrogens (tertiary/aromatic N) is 1. The van der Waals surface area contributed by atoms with Crippen LogP contribution in [-0.4, -0.2) is 30.6 Å². The maximum absolute atomic E-state index is 13.1. The molecule has 2 fully saturated rings. The highest BCUT2D eigenvalue weighted by Crippen LogP contribution is 2.27. The number of benzene rings is 1. The first-order valence-corrected chi connectivity index (χ1v) is 7.55. The van der Waals surface area contributed by atoms with E-state index in [0.29, 0.717) is 5.75 Å². The molecule has 0 atom stereocenters. The molecule has 1 aliphatic carbocycles. The predicted octanol–water partition coefficient (Wildman–Crippen LogP) is 3.61. The zero-order valence-electron chi connectivity index (χ0n) is 11.7. The number of rotatable bonds is 4. The molecule has 3 rings (SSSR count). The molecule has 0 unspecified atom stereocenters. The molecule has 110 valence electrons. The average Bonchev–Trinajstić information content (AvgIpc) is 2.41. The summed E-state index contributed by atoms with van der Waals surface area (Å²) in [6, 6.07) is 3.73. The van der Waals surface area contributed by atoms with Crippen LogP contribution < -0.4 is 4.74 Å². The van der Waals surface area contributed by atoms with E-state index in [4.69, 9.17) is 4.74 Å². The summed E-state index contributed by atoms with van der Waals surface area (Å²) in [5, 5.41) is 0. The molecule has 0 amide bonds. The first-order chi connectivity index (χ1) is 9.70. The molecular formula is C16H21F2NO. The lowest BCUT2D eigenvalue weighted by Gasteiger charge is -2.41. The minimum Gasteiger partial charge on any atom is -0.488 e. The second-order valence-electron chi connectivity index (χ2n) is 6.04. The normalized spacial score (nSPS) is 21.7. The summed E-state index contributed by atoms with van der Waals surface area (Å²) in [4.78, 5) is 2.40. The highest BCUT2D eigenvalue weighted by atomic mass is 19.2. The summed E-state index contributed by atoms with van der Waals surface area (Å²) in [5.41, 5.74) is 0. The van der Waals surface area contributed by atoms with Crippen molar-refractivity contribution < 1.29 is 13.5 Å². The lowest BCUT2D eigenvalue weighted by molar-refractivity contribution is 0.00648. The van der Waals surface area contributed by atoms with Gasteiger partial charge in [0.05, 0.1) is 0 Å². The monoisotopic (exact) mass is 281 g/mol. The molecule has 2 nitrogen and oxygen atoms in total. The van der Waals surface area contributed by atoms with Crippen molar-refractivity contribution in [1.82, 2.24) is 4.90 Å². The Kier molecular flexibility index (Phi) is 4.20. The van der Waals surface area contributed by atoms with E-state index in [1.807, 2.05) is 0 Å². The zero-order chi connectivity index (χ0) is 13.9. The number of hydrogen-bond acceptors (Lipinski definition) is 2. The van der Waals surface area contributed by atoms with Crippen LogP contribution in [-0.2, 0) is 0 Å². The molecule has 0 radical (unpaired) electrons. The Hall–Kier alpha value is -1.16. The van der Waals surface area contributed by atoms with Crippen molar-refractivity contribution in [2.75, 3.05) is 19.6 Å². The van der Waals surface area contributed by atoms with Gasteiger partial charge in [0, 0.05) is 25.7 Å². The van der Waals surface area contributed by atoms with Gasteiger partial charge in [-0.05, 0) is 30.9 Å². The molecule has 0 spiro atoms. The van der Waals surface area contributed by atoms with Crippen LogP contribution in [0.2, 0.25) is 0 Å². The van der Waals surface area contributed by atoms with Gasteiger partial charge in [0.25, 0.3) is 0 Å². The van der Waals surface area contributed by atoms with E-state index in [1.165, 1.54) is 38.2 Å². The Morgan fingerprint density at radius 3 is 2.50 bits per heavy atom. The molecule has 0 bridgehead atoms. The minimum absolute atomic E-state index is 0.114. The van der Waals surface area contributed by atoms with Crippen LogP contribution in [0.15, 0.2) is 18.2 Å². The first-order valence-electron chi connectivity index (χ1n) is 7.55. The van der Waals surface area contributed by atoms with Gasteiger partial charge in [-0.2, -0.15) is 0 Å². The van der Waals surface area contributed by atoms with Crippen molar-refractivity contribution in [2.45, 2.75) is 38.2 Å². The van der Waals surface area contributed by atoms with E-state index in [9.17, 15) is 8.78 Å². The molecule has 4 heteroatoms. The van der Waals surface area contributed by atoms with Crippen LogP contribution >= 0.6 is 0 Å². The third-order valence-electron chi connectivity index (χ3n) is 4.36. The van der Waals surface area contributed by atoms with Gasteiger partial charge in [-0.15, -0.1) is 0 Å². The highest BCUT2D eigenvalue weighted by Gasteiger charge is 2.30. The number of hydrogen-bond donors (Lipinski definition) is 0. The van der Waals surface area contributed by atoms with E-state index >= 15 is 0 Å². The van der Waals surface area contributed by atoms with Crippen LogP contribution in [0.5, 0.6) is 5.75 Å². The highest BCUT2D eigenvalue weighted by molar-refractivity contribution is 5.24. The van der Waals surface area contributed by atoms with Crippen LogP contribution in [0.3, 0.4) is 0 Å². The largest absolute Gasteiger partial charge is 0.488 e. The van der Waals surface area contributed by atoms with Crippen molar-refractivity contribution in [3.63, 3.8) is 0 Å². The Balaban J connectivity index is 1.42. The van der Waals surface area contributed by atoms with Gasteiger partial charge in [-0.3, -0.25) is 4.90 Å². The Bertz CT molecular complexity index is 454. The van der Waals surface area contributed by atoms with Gasteiger partial charge < -0.3 is 4.74 Å². The molecule has 1 aliphatic heterocycles. The van der Waals surface area contributed by atoms with E-state index in [2.05, 4.69) is 4.90 Å². The zero-order valence-corrected chi connectivity index (χ0v) is 11.7. The van der Waals surface area contributed by atoms with E-state index in [1.54, 1.807) is 0 Å². The fourth-order valence-corrected chi connectivity index (χ4v) is 3.22. The third-order valence-corrected chi connectivity index (χ3v) is 4.36. The summed E-state index contributed by atoms with van der Waals surface area (Å²) < 4.78 is 31.5. The number of halogens is 2. The van der Waals surface area contributed by atoms with Crippen molar-refractivity contribution in [1.29, 1.82) is 0 Å². The molecule has 2 aliphatic rings. The molecule has 20 heavy (non-hydrogen) atoms. The van der Waals surface area contributed by atoms with E-state index < -0.39 is 11.6 Å². The molecular weight excluding hydrogens is 260 g/mol. The third kappa shape index (κ3) is 3.29. The molecule has 1 aromatic rings. The van der Waals surface area contributed by atoms with E-state index in [-0.39, 0.29) is 6.10 Å². The number of likely N-dealkylation sites (tertiary alicyclic amines) is 1. The quantitative estimate of drug-likeness (QED) is 0.836. The Morgan fingerprint density at radius 2 is 1.80 bits per heavy atom. The topological polar surface area (TPSA) is 12.5 Å². The number of ether oxygens (including phenoxy) is 1. The summed E-state index contributed by atoms with van der Waals surface area (Å²) in [5.74, 6) is -0.412. The first kappa shape index (κ1) is 13.8. The molecule has 0 aromatic heterocycles. The van der Waals surface area contributed by atoms with Crippen molar-refractivity contribution >= 4 is 0 Å². The van der Waals surface area contributed by atoms with Crippen molar-refractivity contribution in [3.8, 4) is 5.75 Å². The lowest BCUT2D eigenvalue weighted by atomic mass is 9.88. The van der Waals surface area contributed by atoms with Gasteiger partial charge >= 0.3 is 0 Å². The van der Waals surface area contributed by atoms with Crippen molar-refractivity contribution in [3.05, 3.63) is 29.8 Å². The lowest BCUT2D eigenvalue weighted by Crippen LogP contribution is -2.55. The van der Waals surface area contributed by atoms with Gasteiger partial charge in [-0.25, -0.2) is 8.78 Å². The summed E-state index contributed by atoms with van der Waals surface area (Å²) >= 11 is 0. The van der Waals surface area contributed by atoms with Crippen LogP contribution in [0.4, 0.5) is 8.78 Å². The van der Waals surface area contributed by atoms with Crippen LogP contribution in [0, 0.1) is 17.6 Å². The molecule has 1 heterocycles. The predicted molar refractivity (Wildman–Crippen MR) is 73.8 cm³/mol. The van der Waals surface area contributed by atoms with E-state index in [0.717, 1.165) is 37.7 Å². The molecule has 1 saturated heterocycles. The Labute approximate surface area is 118 Å². The van der Waals surface area contributed by atoms with Crippen molar-refractivity contribution in [2.24, 2.45) is 5.92 Å². The fraction of sp³-hybridized carbons (Fsp3) is 0.625. The molecule has 0 N–H and O–H groups in total. The molecule has 1 aromatic carbocycles. The maximum Gasteiger partial charge on any atom is 0.162 e. The Morgan fingerprint density at radius 1 is 1.05 bits per heavy atom. The minimum atomic E-state index is -0.846. The summed E-state index contributed by atoms with van der Waals surface area (Å²) in [6.45, 7) is 2.96. The second kappa shape index (κ2) is 6.08. The van der Waals surface area contributed by atoms with Gasteiger partial charge in [-0.1, -0.05) is 19.3 Å². The van der Waals surface area contributed by atoms with Crippen LogP contribution in [0.1, 0.15) is 32.1 Å². The van der Waals surface area contributed by atoms with Gasteiger partial charge in [0.1, 0.15) is 11.9 Å². The SMILES string of the molecule is Fc1ccc(OC2CN(CC3CCCCC3)C2)cc1F. The van der Waals surface area contributed by atoms with Crippen LogP contribution in [0.25, 0.3) is 0 Å².